The van der Waals surface area contributed by atoms with Crippen molar-refractivity contribution >= 4 is 17.5 Å². The second-order valence-electron chi connectivity index (χ2n) is 3.38. The molecule has 6 heteroatoms. The lowest BCUT2D eigenvalue weighted by atomic mass is 10.1. The normalized spacial score (nSPS) is 10.5. The van der Waals surface area contributed by atoms with Crippen LogP contribution in [0.15, 0.2) is 28.7 Å². The minimum absolute atomic E-state index is 0.239. The Kier molecular flexibility index (Phi) is 3.10. The lowest BCUT2D eigenvalue weighted by molar-refractivity contribution is -0.401. The number of nitrogens with zero attached hydrogens (tertiary/aromatic N) is 2. The average molecular weight is 253 g/mol. The molecule has 0 bridgehead atoms. The molecule has 0 aliphatic carbocycles. The van der Waals surface area contributed by atoms with Gasteiger partial charge in [0, 0.05) is 17.0 Å². The summed E-state index contributed by atoms with van der Waals surface area (Å²) < 4.78 is 5.07. The van der Waals surface area contributed by atoms with E-state index in [1.54, 1.807) is 24.3 Å². The van der Waals surface area contributed by atoms with Gasteiger partial charge in [0.2, 0.25) is 5.89 Å². The highest BCUT2D eigenvalue weighted by molar-refractivity contribution is 6.30. The Morgan fingerprint density at radius 2 is 2.06 bits per heavy atom. The Morgan fingerprint density at radius 3 is 2.59 bits per heavy atom. The summed E-state index contributed by atoms with van der Waals surface area (Å²) in [6, 6.07) is 6.65. The first kappa shape index (κ1) is 11.6. The van der Waals surface area contributed by atoms with Crippen LogP contribution < -0.4 is 0 Å². The largest absolute Gasteiger partial charge is 0.461 e. The van der Waals surface area contributed by atoms with Gasteiger partial charge in [-0.1, -0.05) is 30.7 Å². The quantitative estimate of drug-likeness (QED) is 0.619. The summed E-state index contributed by atoms with van der Waals surface area (Å²) in [4.78, 5) is 14.4. The number of aryl methyl sites for hydroxylation is 1. The van der Waals surface area contributed by atoms with Crippen LogP contribution in [-0.4, -0.2) is 9.91 Å². The van der Waals surface area contributed by atoms with Gasteiger partial charge in [0.05, 0.1) is 0 Å². The average Bonchev–Trinajstić information content (AvgIpc) is 2.74. The first-order valence-corrected chi connectivity index (χ1v) is 5.39. The predicted molar refractivity (Wildman–Crippen MR) is 63.0 cm³/mol. The molecule has 0 aliphatic heterocycles. The molecule has 0 radical (unpaired) electrons. The van der Waals surface area contributed by atoms with E-state index < -0.39 is 4.92 Å². The summed E-state index contributed by atoms with van der Waals surface area (Å²) in [6.45, 7) is 1.82. The highest BCUT2D eigenvalue weighted by Crippen LogP contribution is 2.30. The highest BCUT2D eigenvalue weighted by Gasteiger charge is 2.24. The minimum atomic E-state index is -0.573. The lowest BCUT2D eigenvalue weighted by Gasteiger charge is -1.95. The number of hydrogen-bond acceptors (Lipinski definition) is 4. The number of hydrogen-bond donors (Lipinski definition) is 0. The van der Waals surface area contributed by atoms with E-state index in [0.717, 1.165) is 0 Å². The van der Waals surface area contributed by atoms with Gasteiger partial charge in [-0.05, 0) is 12.1 Å². The summed E-state index contributed by atoms with van der Waals surface area (Å²) in [5.41, 5.74) is 0.855. The fourth-order valence-electron chi connectivity index (χ4n) is 1.43. The summed E-state index contributed by atoms with van der Waals surface area (Å²) in [7, 11) is 0. The van der Waals surface area contributed by atoms with Crippen LogP contribution in [0.5, 0.6) is 0 Å². The van der Waals surface area contributed by atoms with E-state index in [2.05, 4.69) is 4.98 Å². The molecule has 0 N–H and O–H groups in total. The van der Waals surface area contributed by atoms with Crippen molar-refractivity contribution in [2.75, 3.05) is 0 Å². The van der Waals surface area contributed by atoms with E-state index in [0.29, 0.717) is 22.9 Å². The number of rotatable bonds is 3. The van der Waals surface area contributed by atoms with E-state index in [4.69, 9.17) is 16.0 Å². The van der Waals surface area contributed by atoms with Crippen LogP contribution in [0.1, 0.15) is 12.8 Å². The molecule has 0 aliphatic rings. The van der Waals surface area contributed by atoms with Gasteiger partial charge in [-0.25, -0.2) is 4.98 Å². The van der Waals surface area contributed by atoms with E-state index >= 15 is 0 Å². The zero-order valence-electron chi connectivity index (χ0n) is 9.01. The second kappa shape index (κ2) is 4.55. The number of halogens is 1. The molecule has 88 valence electrons. The SMILES string of the molecule is CCc1nc(-c2ccc(Cl)cc2)c([N+](=O)[O-])o1. The van der Waals surface area contributed by atoms with Gasteiger partial charge in [-0.2, -0.15) is 0 Å². The molecule has 1 aromatic heterocycles. The van der Waals surface area contributed by atoms with Crippen LogP contribution in [0.2, 0.25) is 5.02 Å². The van der Waals surface area contributed by atoms with Gasteiger partial charge in [0.25, 0.3) is 0 Å². The smallest absolute Gasteiger partial charge is 0.385 e. The maximum atomic E-state index is 10.8. The second-order valence-corrected chi connectivity index (χ2v) is 3.82. The van der Waals surface area contributed by atoms with Crippen molar-refractivity contribution in [3.8, 4) is 11.3 Å². The van der Waals surface area contributed by atoms with E-state index in [1.807, 2.05) is 6.92 Å². The summed E-state index contributed by atoms with van der Waals surface area (Å²) in [5, 5.41) is 11.4. The molecule has 0 unspecified atom stereocenters. The molecule has 0 fully saturated rings. The maximum absolute atomic E-state index is 10.8. The van der Waals surface area contributed by atoms with Crippen LogP contribution in [0.4, 0.5) is 5.88 Å². The number of oxazole rings is 1. The van der Waals surface area contributed by atoms with E-state index in [1.165, 1.54) is 0 Å². The van der Waals surface area contributed by atoms with Crippen molar-refractivity contribution in [1.82, 2.24) is 4.98 Å². The Morgan fingerprint density at radius 1 is 1.41 bits per heavy atom. The summed E-state index contributed by atoms with van der Waals surface area (Å²) >= 11 is 5.76. The van der Waals surface area contributed by atoms with E-state index in [9.17, 15) is 10.1 Å². The Labute approximate surface area is 102 Å². The molecular formula is C11H9ClN2O3. The third-order valence-electron chi connectivity index (χ3n) is 2.24. The Hall–Kier alpha value is -1.88. The maximum Gasteiger partial charge on any atom is 0.461 e. The zero-order valence-corrected chi connectivity index (χ0v) is 9.77. The van der Waals surface area contributed by atoms with Crippen LogP contribution in [-0.2, 0) is 6.42 Å². The summed E-state index contributed by atoms with van der Waals surface area (Å²) in [6.07, 6.45) is 0.508. The zero-order chi connectivity index (χ0) is 12.4. The Balaban J connectivity index is 2.53. The number of aromatic nitrogens is 1. The Bertz CT molecular complexity index is 548. The lowest BCUT2D eigenvalue weighted by Crippen LogP contribution is -1.88. The van der Waals surface area contributed by atoms with Crippen LogP contribution in [0.3, 0.4) is 0 Å². The highest BCUT2D eigenvalue weighted by atomic mass is 35.5. The van der Waals surface area contributed by atoms with Crippen molar-refractivity contribution in [3.05, 3.63) is 45.3 Å². The fourth-order valence-corrected chi connectivity index (χ4v) is 1.55. The van der Waals surface area contributed by atoms with Crippen molar-refractivity contribution < 1.29 is 9.34 Å². The summed E-state index contributed by atoms with van der Waals surface area (Å²) in [5.74, 6) is 0.0193. The molecule has 1 aromatic carbocycles. The van der Waals surface area contributed by atoms with Gasteiger partial charge in [0.15, 0.2) is 5.69 Å². The predicted octanol–water partition coefficient (Wildman–Crippen LogP) is 3.47. The molecule has 0 spiro atoms. The third kappa shape index (κ3) is 2.29. The molecule has 1 heterocycles. The van der Waals surface area contributed by atoms with Crippen molar-refractivity contribution in [2.24, 2.45) is 0 Å². The topological polar surface area (TPSA) is 69.2 Å². The third-order valence-corrected chi connectivity index (χ3v) is 2.49. The van der Waals surface area contributed by atoms with Crippen LogP contribution in [0.25, 0.3) is 11.3 Å². The molecule has 5 nitrogen and oxygen atoms in total. The van der Waals surface area contributed by atoms with Gasteiger partial charge in [0.1, 0.15) is 4.92 Å². The minimum Gasteiger partial charge on any atom is -0.385 e. The van der Waals surface area contributed by atoms with Crippen LogP contribution >= 0.6 is 11.6 Å². The molecule has 0 saturated carbocycles. The first-order valence-electron chi connectivity index (χ1n) is 5.02. The number of nitro groups is 1. The number of benzene rings is 1. The molecule has 0 atom stereocenters. The van der Waals surface area contributed by atoms with Crippen molar-refractivity contribution in [3.63, 3.8) is 0 Å². The molecular weight excluding hydrogens is 244 g/mol. The van der Waals surface area contributed by atoms with E-state index in [-0.39, 0.29) is 11.6 Å². The monoisotopic (exact) mass is 252 g/mol. The standard InChI is InChI=1S/C11H9ClN2O3/c1-2-9-13-10(11(17-9)14(15)16)7-3-5-8(12)6-4-7/h3-6H,2H2,1H3. The van der Waals surface area contributed by atoms with Gasteiger partial charge >= 0.3 is 5.88 Å². The first-order chi connectivity index (χ1) is 8.11. The molecule has 2 rings (SSSR count). The molecule has 2 aromatic rings. The van der Waals surface area contributed by atoms with Crippen molar-refractivity contribution in [2.45, 2.75) is 13.3 Å². The molecule has 0 saturated heterocycles. The van der Waals surface area contributed by atoms with Gasteiger partial charge in [-0.3, -0.25) is 10.1 Å². The van der Waals surface area contributed by atoms with Gasteiger partial charge < -0.3 is 4.42 Å². The molecule has 17 heavy (non-hydrogen) atoms. The van der Waals surface area contributed by atoms with Gasteiger partial charge in [-0.15, -0.1) is 0 Å². The fraction of sp³-hybridized carbons (Fsp3) is 0.182. The van der Waals surface area contributed by atoms with Crippen LogP contribution in [0, 0.1) is 10.1 Å². The van der Waals surface area contributed by atoms with Crippen molar-refractivity contribution in [1.29, 1.82) is 0 Å². The molecule has 0 amide bonds.